The number of halogens is 1. The molecule has 154 valence electrons. The molecule has 1 aliphatic heterocycles. The summed E-state index contributed by atoms with van der Waals surface area (Å²) in [7, 11) is 0. The highest BCUT2D eigenvalue weighted by atomic mass is 35.5. The fourth-order valence-electron chi connectivity index (χ4n) is 3.48. The average Bonchev–Trinajstić information content (AvgIpc) is 3.25. The van der Waals surface area contributed by atoms with Crippen molar-refractivity contribution in [1.82, 2.24) is 15.1 Å². The van der Waals surface area contributed by atoms with Crippen LogP contribution in [0.5, 0.6) is 0 Å². The molecule has 0 radical (unpaired) electrons. The van der Waals surface area contributed by atoms with Gasteiger partial charge in [0.2, 0.25) is 5.01 Å². The minimum absolute atomic E-state index is 0.0379. The topological polar surface area (TPSA) is 75.2 Å². The number of amides is 2. The monoisotopic (exact) mass is 440 g/mol. The first kappa shape index (κ1) is 20.5. The fraction of sp³-hybridized carbons (Fsp3) is 0.273. The molecule has 1 fully saturated rings. The number of likely N-dealkylation sites (tertiary alicyclic amines) is 1. The zero-order chi connectivity index (χ0) is 21.1. The minimum atomic E-state index is -0.273. The Kier molecular flexibility index (Phi) is 6.11. The van der Waals surface area contributed by atoms with Crippen molar-refractivity contribution >= 4 is 40.4 Å². The van der Waals surface area contributed by atoms with Crippen LogP contribution in [0.15, 0.2) is 48.5 Å². The Bertz CT molecular complexity index is 1070. The first-order valence-corrected chi connectivity index (χ1v) is 11.0. The molecule has 2 heterocycles. The van der Waals surface area contributed by atoms with Crippen molar-refractivity contribution in [3.8, 4) is 0 Å². The quantitative estimate of drug-likeness (QED) is 0.633. The molecule has 0 aliphatic carbocycles. The summed E-state index contributed by atoms with van der Waals surface area (Å²) in [6.45, 7) is 3.24. The number of aromatic nitrogens is 2. The smallest absolute Gasteiger partial charge is 0.286 e. The van der Waals surface area contributed by atoms with E-state index in [4.69, 9.17) is 11.6 Å². The molecular weight excluding hydrogens is 420 g/mol. The number of hydrogen-bond acceptors (Lipinski definition) is 5. The summed E-state index contributed by atoms with van der Waals surface area (Å²) in [6.07, 6.45) is 1.79. The van der Waals surface area contributed by atoms with Crippen molar-refractivity contribution in [2.75, 3.05) is 18.4 Å². The summed E-state index contributed by atoms with van der Waals surface area (Å²) in [5, 5.41) is 12.8. The van der Waals surface area contributed by atoms with Crippen LogP contribution in [0.2, 0.25) is 5.02 Å². The van der Waals surface area contributed by atoms with E-state index in [0.717, 1.165) is 29.1 Å². The third kappa shape index (κ3) is 4.68. The van der Waals surface area contributed by atoms with E-state index in [2.05, 4.69) is 15.5 Å². The molecule has 1 aromatic heterocycles. The molecule has 1 unspecified atom stereocenters. The molecule has 6 nitrogen and oxygen atoms in total. The van der Waals surface area contributed by atoms with Crippen LogP contribution in [-0.2, 0) is 0 Å². The van der Waals surface area contributed by atoms with E-state index in [-0.39, 0.29) is 17.7 Å². The Balaban J connectivity index is 1.43. The molecule has 4 rings (SSSR count). The summed E-state index contributed by atoms with van der Waals surface area (Å²) >= 11 is 7.31. The highest BCUT2D eigenvalue weighted by molar-refractivity contribution is 7.13. The maximum atomic E-state index is 12.8. The zero-order valence-electron chi connectivity index (χ0n) is 16.5. The van der Waals surface area contributed by atoms with Gasteiger partial charge in [-0.15, -0.1) is 10.2 Å². The number of nitrogens with one attached hydrogen (secondary N) is 1. The lowest BCUT2D eigenvalue weighted by molar-refractivity contribution is 0.0706. The van der Waals surface area contributed by atoms with E-state index < -0.39 is 0 Å². The molecule has 0 bridgehead atoms. The van der Waals surface area contributed by atoms with Gasteiger partial charge in [0.1, 0.15) is 5.01 Å². The Morgan fingerprint density at radius 2 is 1.97 bits per heavy atom. The van der Waals surface area contributed by atoms with Crippen molar-refractivity contribution in [2.24, 2.45) is 0 Å². The highest BCUT2D eigenvalue weighted by Crippen LogP contribution is 2.30. The van der Waals surface area contributed by atoms with Gasteiger partial charge >= 0.3 is 0 Å². The Morgan fingerprint density at radius 3 is 2.73 bits per heavy atom. The number of benzene rings is 2. The summed E-state index contributed by atoms with van der Waals surface area (Å²) in [5.74, 6) is -0.241. The number of carbonyl (C=O) groups is 2. The standard InChI is InChI=1S/C22H21ClN4O2S/c1-14-7-9-18(10-8-14)24-19(28)21-26-25-20(30-21)16-5-3-11-27(13-16)22(29)15-4-2-6-17(23)12-15/h2,4,6-10,12,16H,3,5,11,13H2,1H3,(H,24,28). The number of nitrogens with zero attached hydrogens (tertiary/aromatic N) is 3. The molecule has 2 amide bonds. The van der Waals surface area contributed by atoms with Gasteiger partial charge in [0.05, 0.1) is 0 Å². The van der Waals surface area contributed by atoms with Crippen molar-refractivity contribution < 1.29 is 9.59 Å². The molecule has 1 N–H and O–H groups in total. The normalized spacial score (nSPS) is 16.3. The first-order chi connectivity index (χ1) is 14.5. The number of hydrogen-bond donors (Lipinski definition) is 1. The molecule has 0 saturated carbocycles. The second kappa shape index (κ2) is 8.93. The molecule has 1 saturated heterocycles. The van der Waals surface area contributed by atoms with Crippen LogP contribution in [0.1, 0.15) is 49.5 Å². The average molecular weight is 441 g/mol. The third-order valence-electron chi connectivity index (χ3n) is 5.07. The van der Waals surface area contributed by atoms with Crippen LogP contribution in [0.4, 0.5) is 5.69 Å². The van der Waals surface area contributed by atoms with Crippen LogP contribution in [0.3, 0.4) is 0 Å². The lowest BCUT2D eigenvalue weighted by atomic mass is 9.98. The largest absolute Gasteiger partial charge is 0.338 e. The van der Waals surface area contributed by atoms with Gasteiger partial charge in [0, 0.05) is 35.3 Å². The van der Waals surface area contributed by atoms with E-state index >= 15 is 0 Å². The molecule has 8 heteroatoms. The van der Waals surface area contributed by atoms with Crippen molar-refractivity contribution in [3.05, 3.63) is 74.7 Å². The van der Waals surface area contributed by atoms with Gasteiger partial charge in [-0.2, -0.15) is 0 Å². The van der Waals surface area contributed by atoms with Gasteiger partial charge in [-0.1, -0.05) is 46.7 Å². The second-order valence-corrected chi connectivity index (χ2v) is 8.81. The molecular formula is C22H21ClN4O2S. The van der Waals surface area contributed by atoms with Gasteiger partial charge in [0.15, 0.2) is 0 Å². The van der Waals surface area contributed by atoms with Gasteiger partial charge in [0.25, 0.3) is 11.8 Å². The third-order valence-corrected chi connectivity index (χ3v) is 6.39. The number of carbonyl (C=O) groups excluding carboxylic acids is 2. The van der Waals surface area contributed by atoms with Gasteiger partial charge in [-0.3, -0.25) is 9.59 Å². The zero-order valence-corrected chi connectivity index (χ0v) is 18.0. The first-order valence-electron chi connectivity index (χ1n) is 9.76. The lowest BCUT2D eigenvalue weighted by Crippen LogP contribution is -2.39. The van der Waals surface area contributed by atoms with E-state index in [0.29, 0.717) is 28.7 Å². The predicted octanol–water partition coefficient (Wildman–Crippen LogP) is 4.77. The van der Waals surface area contributed by atoms with E-state index in [9.17, 15) is 9.59 Å². The molecule has 1 aliphatic rings. The van der Waals surface area contributed by atoms with Crippen LogP contribution >= 0.6 is 22.9 Å². The van der Waals surface area contributed by atoms with Crippen molar-refractivity contribution in [2.45, 2.75) is 25.7 Å². The maximum Gasteiger partial charge on any atom is 0.286 e. The summed E-state index contributed by atoms with van der Waals surface area (Å²) in [4.78, 5) is 27.2. The van der Waals surface area contributed by atoms with E-state index in [1.807, 2.05) is 36.1 Å². The van der Waals surface area contributed by atoms with Gasteiger partial charge in [-0.25, -0.2) is 0 Å². The number of aryl methyl sites for hydroxylation is 1. The second-order valence-electron chi connectivity index (χ2n) is 7.37. The van der Waals surface area contributed by atoms with E-state index in [1.165, 1.54) is 11.3 Å². The van der Waals surface area contributed by atoms with Crippen LogP contribution < -0.4 is 5.32 Å². The SMILES string of the molecule is Cc1ccc(NC(=O)c2nnc(C3CCCN(C(=O)c4cccc(Cl)c4)C3)s2)cc1. The Labute approximate surface area is 183 Å². The molecule has 2 aromatic carbocycles. The maximum absolute atomic E-state index is 12.8. The molecule has 3 aromatic rings. The van der Waals surface area contributed by atoms with Crippen LogP contribution in [-0.4, -0.2) is 40.0 Å². The fourth-order valence-corrected chi connectivity index (χ4v) is 4.53. The lowest BCUT2D eigenvalue weighted by Gasteiger charge is -2.31. The minimum Gasteiger partial charge on any atom is -0.338 e. The van der Waals surface area contributed by atoms with Crippen molar-refractivity contribution in [3.63, 3.8) is 0 Å². The Morgan fingerprint density at radius 1 is 1.17 bits per heavy atom. The number of rotatable bonds is 4. The molecule has 1 atom stereocenters. The highest BCUT2D eigenvalue weighted by Gasteiger charge is 2.28. The summed E-state index contributed by atoms with van der Waals surface area (Å²) in [5.41, 5.74) is 2.43. The number of piperidine rings is 1. The van der Waals surface area contributed by atoms with Gasteiger partial charge in [-0.05, 0) is 50.1 Å². The molecule has 0 spiro atoms. The summed E-state index contributed by atoms with van der Waals surface area (Å²) < 4.78 is 0. The van der Waals surface area contributed by atoms with Crippen molar-refractivity contribution in [1.29, 1.82) is 0 Å². The van der Waals surface area contributed by atoms with E-state index in [1.54, 1.807) is 24.3 Å². The van der Waals surface area contributed by atoms with Crippen LogP contribution in [0.25, 0.3) is 0 Å². The number of anilines is 1. The van der Waals surface area contributed by atoms with Crippen LogP contribution in [0, 0.1) is 6.92 Å². The molecule has 30 heavy (non-hydrogen) atoms. The van der Waals surface area contributed by atoms with Gasteiger partial charge < -0.3 is 10.2 Å². The predicted molar refractivity (Wildman–Crippen MR) is 118 cm³/mol. The summed E-state index contributed by atoms with van der Waals surface area (Å²) in [6, 6.07) is 14.6. The Hall–Kier alpha value is -2.77.